The van der Waals surface area contributed by atoms with Gasteiger partial charge in [-0.05, 0) is 73.9 Å². The monoisotopic (exact) mass is 548 g/mol. The van der Waals surface area contributed by atoms with E-state index in [9.17, 15) is 9.59 Å². The number of nitrogens with zero attached hydrogens (tertiary/aromatic N) is 4. The number of carbonyl (C=O) groups is 2. The van der Waals surface area contributed by atoms with Crippen LogP contribution in [0.15, 0.2) is 48.5 Å². The minimum atomic E-state index is -0.543. The van der Waals surface area contributed by atoms with Crippen molar-refractivity contribution in [2.24, 2.45) is 0 Å². The van der Waals surface area contributed by atoms with Crippen molar-refractivity contribution in [2.75, 3.05) is 40.0 Å². The summed E-state index contributed by atoms with van der Waals surface area (Å²) < 4.78 is 23.8. The summed E-state index contributed by atoms with van der Waals surface area (Å²) in [5, 5.41) is 8.31. The summed E-state index contributed by atoms with van der Waals surface area (Å²) in [6, 6.07) is 15.7. The van der Waals surface area contributed by atoms with Crippen molar-refractivity contribution in [1.29, 1.82) is 0 Å². The van der Waals surface area contributed by atoms with Crippen LogP contribution in [0, 0.1) is 0 Å². The summed E-state index contributed by atoms with van der Waals surface area (Å²) in [5.41, 5.74) is 3.02. The summed E-state index contributed by atoms with van der Waals surface area (Å²) in [4.78, 5) is 27.2. The topological polar surface area (TPSA) is 105 Å². The highest BCUT2D eigenvalue weighted by Crippen LogP contribution is 2.35. The predicted octanol–water partition coefficient (Wildman–Crippen LogP) is 4.09. The van der Waals surface area contributed by atoms with Crippen LogP contribution in [-0.4, -0.2) is 77.9 Å². The third-order valence-electron chi connectivity index (χ3n) is 7.53. The summed E-state index contributed by atoms with van der Waals surface area (Å²) >= 11 is 0. The number of methoxy groups -OCH3 is 1. The molecule has 0 spiro atoms. The van der Waals surface area contributed by atoms with E-state index in [1.807, 2.05) is 41.3 Å². The van der Waals surface area contributed by atoms with E-state index < -0.39 is 5.97 Å². The Labute approximate surface area is 234 Å². The molecule has 1 saturated carbocycles. The highest BCUT2D eigenvalue weighted by Gasteiger charge is 2.29. The molecule has 5 rings (SSSR count). The molecule has 0 unspecified atom stereocenters. The number of hydrogen-bond acceptors (Lipinski definition) is 8. The maximum atomic E-state index is 12.8. The van der Waals surface area contributed by atoms with E-state index in [-0.39, 0.29) is 24.3 Å². The standard InChI is InChI=1S/C30H36N4O6/c1-3-39-30(36)27-29(34(32-31-27)20-21-4-12-25(37-2)13-5-21)40-26-14-10-23(11-15-26)22-6-8-24(9-7-22)28(35)33-16-18-38-19-17-33/h4-9,12-13,23,26H,3,10-11,14-20H2,1-2H3/t23-,26-. The predicted molar refractivity (Wildman–Crippen MR) is 147 cm³/mol. The highest BCUT2D eigenvalue weighted by molar-refractivity contribution is 5.94. The molecule has 10 heteroatoms. The van der Waals surface area contributed by atoms with Crippen LogP contribution in [-0.2, 0) is 16.0 Å². The Hall–Kier alpha value is -3.92. The van der Waals surface area contributed by atoms with E-state index in [4.69, 9.17) is 18.9 Å². The molecule has 0 bridgehead atoms. The molecule has 1 aliphatic heterocycles. The van der Waals surface area contributed by atoms with Gasteiger partial charge in [0.25, 0.3) is 5.91 Å². The van der Waals surface area contributed by atoms with E-state index in [1.165, 1.54) is 5.56 Å². The molecular formula is C30H36N4O6. The number of esters is 1. The van der Waals surface area contributed by atoms with Crippen LogP contribution in [0.5, 0.6) is 11.6 Å². The third-order valence-corrected chi connectivity index (χ3v) is 7.53. The van der Waals surface area contributed by atoms with Gasteiger partial charge in [-0.1, -0.05) is 29.5 Å². The molecule has 2 fully saturated rings. The molecule has 40 heavy (non-hydrogen) atoms. The normalized spacial score (nSPS) is 19.2. The molecule has 3 aromatic rings. The van der Waals surface area contributed by atoms with Crippen LogP contribution in [0.25, 0.3) is 0 Å². The first-order valence-corrected chi connectivity index (χ1v) is 13.9. The zero-order chi connectivity index (χ0) is 27.9. The number of ether oxygens (including phenoxy) is 4. The van der Waals surface area contributed by atoms with Crippen LogP contribution in [0.2, 0.25) is 0 Å². The minimum Gasteiger partial charge on any atom is -0.497 e. The van der Waals surface area contributed by atoms with Crippen molar-refractivity contribution in [3.05, 3.63) is 70.9 Å². The Bertz CT molecular complexity index is 1280. The summed E-state index contributed by atoms with van der Waals surface area (Å²) in [6.45, 7) is 4.85. The number of amides is 1. The van der Waals surface area contributed by atoms with E-state index in [0.717, 1.165) is 37.0 Å². The number of benzene rings is 2. The van der Waals surface area contributed by atoms with Gasteiger partial charge in [0.05, 0.1) is 33.5 Å². The Kier molecular flexibility index (Phi) is 8.95. The highest BCUT2D eigenvalue weighted by atomic mass is 16.5. The Morgan fingerprint density at radius 3 is 2.33 bits per heavy atom. The molecule has 2 aliphatic rings. The van der Waals surface area contributed by atoms with Gasteiger partial charge in [0, 0.05) is 18.7 Å². The Morgan fingerprint density at radius 1 is 0.975 bits per heavy atom. The third kappa shape index (κ3) is 6.44. The van der Waals surface area contributed by atoms with Crippen LogP contribution in [0.4, 0.5) is 0 Å². The number of hydrogen-bond donors (Lipinski definition) is 0. The molecule has 2 heterocycles. The number of rotatable bonds is 9. The smallest absolute Gasteiger partial charge is 0.364 e. The fraction of sp³-hybridized carbons (Fsp3) is 0.467. The molecule has 2 aromatic carbocycles. The molecule has 0 atom stereocenters. The summed E-state index contributed by atoms with van der Waals surface area (Å²) in [5.74, 6) is 1.01. The lowest BCUT2D eigenvalue weighted by Gasteiger charge is -2.29. The van der Waals surface area contributed by atoms with Gasteiger partial charge >= 0.3 is 5.97 Å². The zero-order valence-electron chi connectivity index (χ0n) is 23.1. The van der Waals surface area contributed by atoms with Gasteiger partial charge in [-0.15, -0.1) is 5.10 Å². The van der Waals surface area contributed by atoms with Gasteiger partial charge in [0.15, 0.2) is 0 Å². The SMILES string of the molecule is CCOC(=O)c1nnn(Cc2ccc(OC)cc2)c1O[C@H]1CC[C@H](c2ccc(C(=O)N3CCOCC3)cc2)CC1. The molecule has 1 amide bonds. The maximum absolute atomic E-state index is 12.8. The lowest BCUT2D eigenvalue weighted by Crippen LogP contribution is -2.40. The Balaban J connectivity index is 1.22. The van der Waals surface area contributed by atoms with Crippen molar-refractivity contribution >= 4 is 11.9 Å². The molecule has 212 valence electrons. The first-order valence-electron chi connectivity index (χ1n) is 13.9. The largest absolute Gasteiger partial charge is 0.497 e. The first kappa shape index (κ1) is 27.6. The second-order valence-corrected chi connectivity index (χ2v) is 10.1. The van der Waals surface area contributed by atoms with Crippen molar-refractivity contribution in [3.63, 3.8) is 0 Å². The number of morpholine rings is 1. The quantitative estimate of drug-likeness (QED) is 0.368. The lowest BCUT2D eigenvalue weighted by molar-refractivity contribution is 0.0303. The molecule has 1 aliphatic carbocycles. The fourth-order valence-corrected chi connectivity index (χ4v) is 5.27. The zero-order valence-corrected chi connectivity index (χ0v) is 23.1. The lowest BCUT2D eigenvalue weighted by atomic mass is 9.82. The van der Waals surface area contributed by atoms with Gasteiger partial charge in [-0.25, -0.2) is 9.48 Å². The molecule has 0 N–H and O–H groups in total. The van der Waals surface area contributed by atoms with E-state index in [2.05, 4.69) is 22.4 Å². The van der Waals surface area contributed by atoms with Crippen LogP contribution in [0.1, 0.15) is 70.5 Å². The van der Waals surface area contributed by atoms with E-state index in [0.29, 0.717) is 50.2 Å². The Morgan fingerprint density at radius 2 is 1.68 bits per heavy atom. The van der Waals surface area contributed by atoms with Crippen molar-refractivity contribution in [2.45, 2.75) is 51.2 Å². The van der Waals surface area contributed by atoms with Crippen molar-refractivity contribution in [1.82, 2.24) is 19.9 Å². The van der Waals surface area contributed by atoms with Gasteiger partial charge in [0.2, 0.25) is 11.6 Å². The second-order valence-electron chi connectivity index (χ2n) is 10.1. The van der Waals surface area contributed by atoms with Crippen LogP contribution >= 0.6 is 0 Å². The van der Waals surface area contributed by atoms with Gasteiger partial charge in [0.1, 0.15) is 11.9 Å². The van der Waals surface area contributed by atoms with Crippen molar-refractivity contribution in [3.8, 4) is 11.6 Å². The molecular weight excluding hydrogens is 512 g/mol. The minimum absolute atomic E-state index is 0.0595. The molecule has 1 aromatic heterocycles. The second kappa shape index (κ2) is 13.0. The average Bonchev–Trinajstić information content (AvgIpc) is 3.40. The molecule has 1 saturated heterocycles. The van der Waals surface area contributed by atoms with Crippen molar-refractivity contribution < 1.29 is 28.5 Å². The fourth-order valence-electron chi connectivity index (χ4n) is 5.27. The number of aromatic nitrogens is 3. The molecule has 0 radical (unpaired) electrons. The summed E-state index contributed by atoms with van der Waals surface area (Å²) in [7, 11) is 1.63. The van der Waals surface area contributed by atoms with Gasteiger partial charge < -0.3 is 23.8 Å². The van der Waals surface area contributed by atoms with Crippen LogP contribution in [0.3, 0.4) is 0 Å². The van der Waals surface area contributed by atoms with Gasteiger partial charge in [-0.3, -0.25) is 4.79 Å². The van der Waals surface area contributed by atoms with E-state index >= 15 is 0 Å². The maximum Gasteiger partial charge on any atom is 0.364 e. The molecule has 10 nitrogen and oxygen atoms in total. The van der Waals surface area contributed by atoms with Crippen LogP contribution < -0.4 is 9.47 Å². The average molecular weight is 549 g/mol. The van der Waals surface area contributed by atoms with Gasteiger partial charge in [-0.2, -0.15) is 0 Å². The first-order chi connectivity index (χ1) is 19.6. The summed E-state index contributed by atoms with van der Waals surface area (Å²) in [6.07, 6.45) is 3.47. The number of carbonyl (C=O) groups excluding carboxylic acids is 2. The van der Waals surface area contributed by atoms with E-state index in [1.54, 1.807) is 18.7 Å².